The number of carbonyl (C=O) groups excluding carboxylic acids is 1. The molecule has 3 aromatic rings. The summed E-state index contributed by atoms with van der Waals surface area (Å²) < 4.78 is 2.05. The van der Waals surface area contributed by atoms with Crippen LogP contribution in [0.1, 0.15) is 12.5 Å². The van der Waals surface area contributed by atoms with Crippen LogP contribution in [0.15, 0.2) is 59.5 Å². The van der Waals surface area contributed by atoms with Crippen molar-refractivity contribution in [2.45, 2.75) is 23.9 Å². The summed E-state index contributed by atoms with van der Waals surface area (Å²) >= 11 is 2.85. The second-order valence-electron chi connectivity index (χ2n) is 4.91. The van der Waals surface area contributed by atoms with Gasteiger partial charge in [0, 0.05) is 30.5 Å². The molecule has 1 amide bonds. The van der Waals surface area contributed by atoms with E-state index in [0.717, 1.165) is 11.7 Å². The van der Waals surface area contributed by atoms with E-state index in [-0.39, 0.29) is 11.2 Å². The summed E-state index contributed by atoms with van der Waals surface area (Å²) in [4.78, 5) is 20.6. The maximum Gasteiger partial charge on any atom is 0.239 e. The molecule has 23 heavy (non-hydrogen) atoms. The molecule has 1 atom stereocenters. The third-order valence-electron chi connectivity index (χ3n) is 3.19. The van der Waals surface area contributed by atoms with Gasteiger partial charge in [-0.25, -0.2) is 9.97 Å². The molecule has 3 rings (SSSR count). The number of nitrogens with zero attached hydrogens (tertiary/aromatic N) is 3. The zero-order chi connectivity index (χ0) is 16.1. The monoisotopic (exact) mass is 344 g/mol. The fourth-order valence-corrected chi connectivity index (χ4v) is 3.41. The lowest BCUT2D eigenvalue weighted by Crippen LogP contribution is -2.22. The number of thiazole rings is 1. The van der Waals surface area contributed by atoms with Gasteiger partial charge in [0.15, 0.2) is 10.3 Å². The van der Waals surface area contributed by atoms with E-state index in [9.17, 15) is 4.79 Å². The summed E-state index contributed by atoms with van der Waals surface area (Å²) in [5, 5.41) is 5.84. The molecule has 1 aromatic carbocycles. The topological polar surface area (TPSA) is 59.8 Å². The van der Waals surface area contributed by atoms with E-state index in [1.54, 1.807) is 12.4 Å². The lowest BCUT2D eigenvalue weighted by Gasteiger charge is -2.12. The second-order valence-corrected chi connectivity index (χ2v) is 7.11. The molecule has 0 aliphatic rings. The number of thioether (sulfide) groups is 1. The molecule has 0 fully saturated rings. The van der Waals surface area contributed by atoms with Gasteiger partial charge in [0.05, 0.1) is 5.25 Å². The molecule has 0 radical (unpaired) electrons. The highest BCUT2D eigenvalue weighted by molar-refractivity contribution is 8.00. The van der Waals surface area contributed by atoms with Crippen molar-refractivity contribution < 1.29 is 4.79 Å². The fraction of sp³-hybridized carbons (Fsp3) is 0.188. The van der Waals surface area contributed by atoms with E-state index in [1.165, 1.54) is 28.7 Å². The standard InChI is InChI=1S/C16H16N4OS2/c1-12(14(21)19-15-17-8-10-22-15)23-16-18-7-9-20(16)11-13-5-3-2-4-6-13/h2-10,12H,11H2,1H3,(H,17,19,21)/t12-/m1/s1. The van der Waals surface area contributed by atoms with Crippen molar-refractivity contribution >= 4 is 34.1 Å². The Kier molecular flexibility index (Phi) is 5.09. The zero-order valence-electron chi connectivity index (χ0n) is 12.5. The van der Waals surface area contributed by atoms with Crippen LogP contribution in [0.2, 0.25) is 0 Å². The largest absolute Gasteiger partial charge is 0.322 e. The van der Waals surface area contributed by atoms with Gasteiger partial charge in [-0.05, 0) is 12.5 Å². The molecule has 0 aliphatic carbocycles. The molecule has 1 N–H and O–H groups in total. The van der Waals surface area contributed by atoms with Crippen molar-refractivity contribution in [2.24, 2.45) is 0 Å². The molecular weight excluding hydrogens is 328 g/mol. The van der Waals surface area contributed by atoms with Gasteiger partial charge in [0.25, 0.3) is 0 Å². The fourth-order valence-electron chi connectivity index (χ4n) is 2.02. The Morgan fingerprint density at radius 2 is 2.13 bits per heavy atom. The van der Waals surface area contributed by atoms with Gasteiger partial charge < -0.3 is 9.88 Å². The summed E-state index contributed by atoms with van der Waals surface area (Å²) in [6, 6.07) is 10.2. The van der Waals surface area contributed by atoms with Crippen molar-refractivity contribution in [1.82, 2.24) is 14.5 Å². The number of benzene rings is 1. The van der Waals surface area contributed by atoms with Crippen LogP contribution in [0, 0.1) is 0 Å². The number of imidazole rings is 1. The van der Waals surface area contributed by atoms with Crippen LogP contribution in [0.25, 0.3) is 0 Å². The van der Waals surface area contributed by atoms with Crippen molar-refractivity contribution in [3.63, 3.8) is 0 Å². The normalized spacial score (nSPS) is 12.0. The maximum atomic E-state index is 12.2. The quantitative estimate of drug-likeness (QED) is 0.695. The van der Waals surface area contributed by atoms with E-state index in [4.69, 9.17) is 0 Å². The Labute approximate surface area is 142 Å². The van der Waals surface area contributed by atoms with Crippen LogP contribution < -0.4 is 5.32 Å². The van der Waals surface area contributed by atoms with Gasteiger partial charge in [-0.3, -0.25) is 4.79 Å². The van der Waals surface area contributed by atoms with Gasteiger partial charge in [-0.2, -0.15) is 0 Å². The first kappa shape index (κ1) is 15.8. The zero-order valence-corrected chi connectivity index (χ0v) is 14.2. The van der Waals surface area contributed by atoms with E-state index < -0.39 is 0 Å². The van der Waals surface area contributed by atoms with Gasteiger partial charge in [0.1, 0.15) is 0 Å². The van der Waals surface area contributed by atoms with Crippen molar-refractivity contribution in [3.8, 4) is 0 Å². The molecule has 0 aliphatic heterocycles. The summed E-state index contributed by atoms with van der Waals surface area (Å²) in [6.07, 6.45) is 5.36. The lowest BCUT2D eigenvalue weighted by molar-refractivity contribution is -0.115. The number of nitrogens with one attached hydrogen (secondary N) is 1. The number of anilines is 1. The number of carbonyl (C=O) groups is 1. The minimum absolute atomic E-state index is 0.0702. The molecule has 118 valence electrons. The Morgan fingerprint density at radius 1 is 1.30 bits per heavy atom. The molecule has 7 heteroatoms. The highest BCUT2D eigenvalue weighted by Gasteiger charge is 2.18. The molecule has 0 bridgehead atoms. The Morgan fingerprint density at radius 3 is 2.87 bits per heavy atom. The third-order valence-corrected chi connectivity index (χ3v) is 4.99. The minimum atomic E-state index is -0.254. The third kappa shape index (κ3) is 4.20. The van der Waals surface area contributed by atoms with Gasteiger partial charge in [-0.15, -0.1) is 11.3 Å². The number of amides is 1. The second kappa shape index (κ2) is 7.43. The van der Waals surface area contributed by atoms with Gasteiger partial charge >= 0.3 is 0 Å². The summed E-state index contributed by atoms with van der Waals surface area (Å²) in [7, 11) is 0. The average molecular weight is 344 g/mol. The van der Waals surface area contributed by atoms with Crippen LogP contribution >= 0.6 is 23.1 Å². The van der Waals surface area contributed by atoms with Crippen molar-refractivity contribution in [3.05, 3.63) is 59.9 Å². The molecular formula is C16H16N4OS2. The Hall–Kier alpha value is -2.12. The van der Waals surface area contributed by atoms with Crippen molar-refractivity contribution in [1.29, 1.82) is 0 Å². The predicted octanol–water partition coefficient (Wildman–Crippen LogP) is 3.51. The molecule has 0 spiro atoms. The number of rotatable bonds is 6. The van der Waals surface area contributed by atoms with Gasteiger partial charge in [0.2, 0.25) is 5.91 Å². The smallest absolute Gasteiger partial charge is 0.239 e. The van der Waals surface area contributed by atoms with Crippen LogP contribution in [-0.4, -0.2) is 25.7 Å². The van der Waals surface area contributed by atoms with Crippen molar-refractivity contribution in [2.75, 3.05) is 5.32 Å². The van der Waals surface area contributed by atoms with E-state index in [1.807, 2.05) is 41.3 Å². The molecule has 2 heterocycles. The molecule has 5 nitrogen and oxygen atoms in total. The number of hydrogen-bond acceptors (Lipinski definition) is 5. The van der Waals surface area contributed by atoms with Crippen LogP contribution in [0.5, 0.6) is 0 Å². The predicted molar refractivity (Wildman–Crippen MR) is 93.8 cm³/mol. The highest BCUT2D eigenvalue weighted by Crippen LogP contribution is 2.24. The van der Waals surface area contributed by atoms with Crippen LogP contribution in [0.3, 0.4) is 0 Å². The molecule has 2 aromatic heterocycles. The first-order chi connectivity index (χ1) is 11.2. The summed E-state index contributed by atoms with van der Waals surface area (Å²) in [5.41, 5.74) is 1.20. The average Bonchev–Trinajstić information content (AvgIpc) is 3.21. The Balaban J connectivity index is 1.64. The highest BCUT2D eigenvalue weighted by atomic mass is 32.2. The first-order valence-electron chi connectivity index (χ1n) is 7.14. The van der Waals surface area contributed by atoms with Gasteiger partial charge in [-0.1, -0.05) is 42.1 Å². The molecule has 0 unspecified atom stereocenters. The SMILES string of the molecule is C[C@@H](Sc1nccn1Cc1ccccc1)C(=O)Nc1nccs1. The minimum Gasteiger partial charge on any atom is -0.322 e. The summed E-state index contributed by atoms with van der Waals surface area (Å²) in [6.45, 7) is 2.61. The Bertz CT molecular complexity index is 756. The number of aromatic nitrogens is 3. The van der Waals surface area contributed by atoms with E-state index >= 15 is 0 Å². The number of hydrogen-bond donors (Lipinski definition) is 1. The maximum absolute atomic E-state index is 12.2. The molecule has 0 saturated heterocycles. The van der Waals surface area contributed by atoms with Crippen LogP contribution in [-0.2, 0) is 11.3 Å². The molecule has 0 saturated carbocycles. The first-order valence-corrected chi connectivity index (χ1v) is 8.90. The van der Waals surface area contributed by atoms with E-state index in [2.05, 4.69) is 27.4 Å². The lowest BCUT2D eigenvalue weighted by atomic mass is 10.2. The van der Waals surface area contributed by atoms with E-state index in [0.29, 0.717) is 5.13 Å². The summed E-state index contributed by atoms with van der Waals surface area (Å²) in [5.74, 6) is -0.0702. The van der Waals surface area contributed by atoms with Crippen LogP contribution in [0.4, 0.5) is 5.13 Å².